The van der Waals surface area contributed by atoms with Gasteiger partial charge in [-0.2, -0.15) is 5.01 Å². The molecule has 1 aliphatic heterocycles. The molecule has 0 saturated carbocycles. The van der Waals surface area contributed by atoms with E-state index < -0.39 is 17.7 Å². The van der Waals surface area contributed by atoms with Gasteiger partial charge in [0.1, 0.15) is 0 Å². The van der Waals surface area contributed by atoms with Gasteiger partial charge in [0.2, 0.25) is 11.8 Å². The molecule has 5 nitrogen and oxygen atoms in total. The molecule has 0 aromatic heterocycles. The van der Waals surface area contributed by atoms with Crippen molar-refractivity contribution in [2.24, 2.45) is 0 Å². The number of amides is 3. The highest BCUT2D eigenvalue weighted by atomic mass is 35.5. The summed E-state index contributed by atoms with van der Waals surface area (Å²) in [6, 6.07) is 6.41. The van der Waals surface area contributed by atoms with Gasteiger partial charge in [-0.1, -0.05) is 23.7 Å². The van der Waals surface area contributed by atoms with E-state index in [-0.39, 0.29) is 23.4 Å². The van der Waals surface area contributed by atoms with Crippen molar-refractivity contribution in [3.8, 4) is 0 Å². The number of imide groups is 1. The summed E-state index contributed by atoms with van der Waals surface area (Å²) in [6.45, 7) is 0. The van der Waals surface area contributed by atoms with Crippen LogP contribution in [0.1, 0.15) is 23.2 Å². The molecule has 1 N–H and O–H groups in total. The lowest BCUT2D eigenvalue weighted by Gasteiger charge is -2.15. The Morgan fingerprint density at radius 2 is 1.76 bits per heavy atom. The lowest BCUT2D eigenvalue weighted by molar-refractivity contribution is -0.141. The molecule has 88 valence electrons. The molecule has 0 aliphatic carbocycles. The summed E-state index contributed by atoms with van der Waals surface area (Å²) >= 11 is 5.83. The first kappa shape index (κ1) is 11.6. The zero-order chi connectivity index (χ0) is 12.4. The molecule has 0 atom stereocenters. The first-order valence-electron chi connectivity index (χ1n) is 5.01. The number of hydrogen-bond donors (Lipinski definition) is 1. The Labute approximate surface area is 102 Å². The summed E-state index contributed by atoms with van der Waals surface area (Å²) in [4.78, 5) is 34.4. The Morgan fingerprint density at radius 3 is 2.35 bits per heavy atom. The molecule has 1 heterocycles. The Balaban J connectivity index is 2.15. The summed E-state index contributed by atoms with van der Waals surface area (Å²) in [6.07, 6.45) is 0.253. The van der Waals surface area contributed by atoms with E-state index in [4.69, 9.17) is 11.6 Å². The number of carbonyl (C=O) groups excluding carboxylic acids is 3. The van der Waals surface area contributed by atoms with E-state index in [0.717, 1.165) is 5.01 Å². The van der Waals surface area contributed by atoms with Gasteiger partial charge in [0.15, 0.2) is 0 Å². The van der Waals surface area contributed by atoms with Crippen LogP contribution in [0.2, 0.25) is 5.02 Å². The molecule has 0 spiro atoms. The number of benzene rings is 1. The number of hydrogen-bond acceptors (Lipinski definition) is 3. The van der Waals surface area contributed by atoms with Crippen LogP contribution in [-0.4, -0.2) is 22.7 Å². The van der Waals surface area contributed by atoms with E-state index in [1.54, 1.807) is 18.2 Å². The molecule has 1 saturated heterocycles. The summed E-state index contributed by atoms with van der Waals surface area (Å²) in [5.74, 6) is -1.38. The summed E-state index contributed by atoms with van der Waals surface area (Å²) in [5.41, 5.74) is 2.47. The van der Waals surface area contributed by atoms with Gasteiger partial charge < -0.3 is 0 Å². The van der Waals surface area contributed by atoms with Crippen molar-refractivity contribution in [2.75, 3.05) is 0 Å². The summed E-state index contributed by atoms with van der Waals surface area (Å²) < 4.78 is 0. The van der Waals surface area contributed by atoms with E-state index in [2.05, 4.69) is 5.43 Å². The quantitative estimate of drug-likeness (QED) is 0.803. The number of halogens is 1. The standard InChI is InChI=1S/C11H9ClN2O3/c12-8-4-2-1-3-7(8)11(17)13-14-9(15)5-6-10(14)16/h1-4H,5-6H2,(H,13,17). The number of rotatable bonds is 2. The van der Waals surface area contributed by atoms with Gasteiger partial charge in [-0.05, 0) is 12.1 Å². The molecule has 1 aromatic carbocycles. The van der Waals surface area contributed by atoms with Crippen LogP contribution in [0, 0.1) is 0 Å². The molecule has 0 radical (unpaired) electrons. The second-order valence-electron chi connectivity index (χ2n) is 3.54. The van der Waals surface area contributed by atoms with Gasteiger partial charge in [0.05, 0.1) is 10.6 Å². The highest BCUT2D eigenvalue weighted by molar-refractivity contribution is 6.33. The van der Waals surface area contributed by atoms with Crippen LogP contribution < -0.4 is 5.43 Å². The third-order valence-electron chi connectivity index (χ3n) is 2.38. The average Bonchev–Trinajstić information content (AvgIpc) is 2.61. The monoisotopic (exact) mass is 252 g/mol. The largest absolute Gasteiger partial charge is 0.273 e. The second-order valence-corrected chi connectivity index (χ2v) is 3.95. The highest BCUT2D eigenvalue weighted by Crippen LogP contribution is 2.16. The Morgan fingerprint density at radius 1 is 1.18 bits per heavy atom. The lowest BCUT2D eigenvalue weighted by atomic mass is 10.2. The highest BCUT2D eigenvalue weighted by Gasteiger charge is 2.30. The predicted molar refractivity (Wildman–Crippen MR) is 60.0 cm³/mol. The maximum absolute atomic E-state index is 11.8. The maximum atomic E-state index is 11.8. The number of carbonyl (C=O) groups is 3. The third kappa shape index (κ3) is 2.29. The van der Waals surface area contributed by atoms with Gasteiger partial charge in [-0.3, -0.25) is 19.8 Å². The number of nitrogens with one attached hydrogen (secondary N) is 1. The first-order valence-corrected chi connectivity index (χ1v) is 5.38. The lowest BCUT2D eigenvalue weighted by Crippen LogP contribution is -2.45. The molecule has 1 aromatic rings. The fourth-order valence-electron chi connectivity index (χ4n) is 1.51. The van der Waals surface area contributed by atoms with Crippen molar-refractivity contribution < 1.29 is 14.4 Å². The first-order chi connectivity index (χ1) is 8.09. The van der Waals surface area contributed by atoms with Gasteiger partial charge in [0.25, 0.3) is 5.91 Å². The minimum absolute atomic E-state index is 0.127. The third-order valence-corrected chi connectivity index (χ3v) is 2.71. The van der Waals surface area contributed by atoms with E-state index in [9.17, 15) is 14.4 Å². The van der Waals surface area contributed by atoms with Crippen molar-refractivity contribution in [1.82, 2.24) is 10.4 Å². The molecular formula is C11H9ClN2O3. The molecule has 6 heteroatoms. The fraction of sp³-hybridized carbons (Fsp3) is 0.182. The zero-order valence-corrected chi connectivity index (χ0v) is 9.53. The van der Waals surface area contributed by atoms with Crippen molar-refractivity contribution in [3.05, 3.63) is 34.9 Å². The van der Waals surface area contributed by atoms with Crippen molar-refractivity contribution in [2.45, 2.75) is 12.8 Å². The van der Waals surface area contributed by atoms with Crippen molar-refractivity contribution >= 4 is 29.3 Å². The Kier molecular flexibility index (Phi) is 3.10. The summed E-state index contributed by atoms with van der Waals surface area (Å²) in [5, 5.41) is 1.01. The summed E-state index contributed by atoms with van der Waals surface area (Å²) in [7, 11) is 0. The Hall–Kier alpha value is -1.88. The molecule has 1 aliphatic rings. The minimum atomic E-state index is -0.570. The zero-order valence-electron chi connectivity index (χ0n) is 8.77. The van der Waals surface area contributed by atoms with Gasteiger partial charge >= 0.3 is 0 Å². The normalized spacial score (nSPS) is 15.2. The molecular weight excluding hydrogens is 244 g/mol. The SMILES string of the molecule is O=C(NN1C(=O)CCC1=O)c1ccccc1Cl. The molecule has 17 heavy (non-hydrogen) atoms. The van der Waals surface area contributed by atoms with Crippen LogP contribution in [0.25, 0.3) is 0 Å². The molecule has 1 fully saturated rings. The smallest absolute Gasteiger partial charge is 0.271 e. The topological polar surface area (TPSA) is 66.5 Å². The van der Waals surface area contributed by atoms with E-state index >= 15 is 0 Å². The number of nitrogens with zero attached hydrogens (tertiary/aromatic N) is 1. The van der Waals surface area contributed by atoms with Crippen LogP contribution >= 0.6 is 11.6 Å². The number of hydrazine groups is 1. The predicted octanol–water partition coefficient (Wildman–Crippen LogP) is 1.13. The molecule has 0 bridgehead atoms. The molecule has 2 rings (SSSR count). The van der Waals surface area contributed by atoms with E-state index in [0.29, 0.717) is 0 Å². The average molecular weight is 253 g/mol. The fourth-order valence-corrected chi connectivity index (χ4v) is 1.73. The van der Waals surface area contributed by atoms with Crippen LogP contribution in [0.15, 0.2) is 24.3 Å². The van der Waals surface area contributed by atoms with Gasteiger partial charge in [-0.15, -0.1) is 0 Å². The van der Waals surface area contributed by atoms with Crippen LogP contribution in [0.5, 0.6) is 0 Å². The molecule has 3 amide bonds. The van der Waals surface area contributed by atoms with Gasteiger partial charge in [0, 0.05) is 12.8 Å². The maximum Gasteiger partial charge on any atom is 0.271 e. The van der Waals surface area contributed by atoms with Crippen LogP contribution in [-0.2, 0) is 9.59 Å². The van der Waals surface area contributed by atoms with Crippen molar-refractivity contribution in [3.63, 3.8) is 0 Å². The Bertz CT molecular complexity index is 485. The van der Waals surface area contributed by atoms with Crippen LogP contribution in [0.4, 0.5) is 0 Å². The second kappa shape index (κ2) is 4.55. The van der Waals surface area contributed by atoms with Gasteiger partial charge in [-0.25, -0.2) is 0 Å². The van der Waals surface area contributed by atoms with E-state index in [1.807, 2.05) is 0 Å². The van der Waals surface area contributed by atoms with E-state index in [1.165, 1.54) is 6.07 Å². The van der Waals surface area contributed by atoms with Crippen LogP contribution in [0.3, 0.4) is 0 Å². The van der Waals surface area contributed by atoms with Crippen molar-refractivity contribution in [1.29, 1.82) is 0 Å². The molecule has 0 unspecified atom stereocenters. The minimum Gasteiger partial charge on any atom is -0.273 e.